The standard InChI is InChI=1S/C18H17N3O2S/c22-12-5-6-14-16(10-12)24-17(21-14)7-8-19-18(23)15-9-11-3-1-2-4-13(11)20-15/h1-6,9,17,20-21H,7-8,10H2,(H,19,23). The molecule has 24 heavy (non-hydrogen) atoms. The van der Waals surface area contributed by atoms with Crippen LogP contribution in [-0.2, 0) is 4.79 Å². The zero-order chi connectivity index (χ0) is 16.5. The van der Waals surface area contributed by atoms with E-state index in [9.17, 15) is 9.59 Å². The van der Waals surface area contributed by atoms with Gasteiger partial charge < -0.3 is 15.6 Å². The highest BCUT2D eigenvalue weighted by molar-refractivity contribution is 8.03. The van der Waals surface area contributed by atoms with Gasteiger partial charge in [0.25, 0.3) is 5.91 Å². The number of fused-ring (bicyclic) bond motifs is 1. The van der Waals surface area contributed by atoms with Gasteiger partial charge in [-0.1, -0.05) is 18.2 Å². The summed E-state index contributed by atoms with van der Waals surface area (Å²) in [5.74, 6) is 0.0535. The van der Waals surface area contributed by atoms with E-state index in [1.165, 1.54) is 0 Å². The fraction of sp³-hybridized carbons (Fsp3) is 0.222. The van der Waals surface area contributed by atoms with Crippen LogP contribution in [0.5, 0.6) is 0 Å². The first-order chi connectivity index (χ1) is 11.7. The second-order valence-electron chi connectivity index (χ2n) is 5.88. The molecule has 0 saturated carbocycles. The van der Waals surface area contributed by atoms with E-state index >= 15 is 0 Å². The Morgan fingerprint density at radius 3 is 3.04 bits per heavy atom. The number of para-hydroxylation sites is 1. The van der Waals surface area contributed by atoms with Crippen LogP contribution in [0.3, 0.4) is 0 Å². The van der Waals surface area contributed by atoms with Crippen LogP contribution in [0, 0.1) is 0 Å². The number of amides is 1. The lowest BCUT2D eigenvalue weighted by atomic mass is 10.1. The number of ketones is 1. The lowest BCUT2D eigenvalue weighted by Crippen LogP contribution is -2.30. The highest BCUT2D eigenvalue weighted by Crippen LogP contribution is 2.36. The summed E-state index contributed by atoms with van der Waals surface area (Å²) in [6.07, 6.45) is 4.75. The van der Waals surface area contributed by atoms with Gasteiger partial charge in [0, 0.05) is 34.5 Å². The van der Waals surface area contributed by atoms with Crippen LogP contribution in [0.1, 0.15) is 23.3 Å². The maximum Gasteiger partial charge on any atom is 0.267 e. The summed E-state index contributed by atoms with van der Waals surface area (Å²) in [5.41, 5.74) is 2.59. The number of thioether (sulfide) groups is 1. The Morgan fingerprint density at radius 2 is 2.17 bits per heavy atom. The maximum absolute atomic E-state index is 12.2. The molecule has 1 atom stereocenters. The van der Waals surface area contributed by atoms with Gasteiger partial charge in [-0.2, -0.15) is 0 Å². The average molecular weight is 339 g/mol. The van der Waals surface area contributed by atoms with E-state index in [2.05, 4.69) is 15.6 Å². The molecule has 0 saturated heterocycles. The molecular weight excluding hydrogens is 322 g/mol. The summed E-state index contributed by atoms with van der Waals surface area (Å²) in [7, 11) is 0. The second-order valence-corrected chi connectivity index (χ2v) is 7.18. The summed E-state index contributed by atoms with van der Waals surface area (Å²) in [6, 6.07) is 9.69. The molecule has 1 aliphatic heterocycles. The first-order valence-corrected chi connectivity index (χ1v) is 8.80. The Hall–Kier alpha value is -2.47. The van der Waals surface area contributed by atoms with E-state index in [4.69, 9.17) is 0 Å². The van der Waals surface area contributed by atoms with Crippen molar-refractivity contribution in [2.75, 3.05) is 6.54 Å². The fourth-order valence-electron chi connectivity index (χ4n) is 2.93. The first kappa shape index (κ1) is 15.1. The van der Waals surface area contributed by atoms with E-state index in [1.54, 1.807) is 17.8 Å². The molecule has 122 valence electrons. The lowest BCUT2D eigenvalue weighted by Gasteiger charge is -2.11. The van der Waals surface area contributed by atoms with Crippen molar-refractivity contribution in [3.63, 3.8) is 0 Å². The molecule has 0 spiro atoms. The third kappa shape index (κ3) is 2.97. The molecule has 1 aliphatic carbocycles. The quantitative estimate of drug-likeness (QED) is 0.801. The normalized spacial score (nSPS) is 19.5. The number of hydrogen-bond acceptors (Lipinski definition) is 4. The van der Waals surface area contributed by atoms with Gasteiger partial charge in [0.05, 0.1) is 5.37 Å². The molecule has 1 aromatic carbocycles. The zero-order valence-electron chi connectivity index (χ0n) is 13.0. The highest BCUT2D eigenvalue weighted by atomic mass is 32.2. The Balaban J connectivity index is 1.29. The van der Waals surface area contributed by atoms with E-state index in [1.807, 2.05) is 36.4 Å². The van der Waals surface area contributed by atoms with Crippen LogP contribution in [0.4, 0.5) is 0 Å². The average Bonchev–Trinajstić information content (AvgIpc) is 3.17. The number of rotatable bonds is 4. The van der Waals surface area contributed by atoms with E-state index in [0.29, 0.717) is 18.7 Å². The number of carbonyl (C=O) groups is 2. The molecule has 3 N–H and O–H groups in total. The molecule has 0 radical (unpaired) electrons. The van der Waals surface area contributed by atoms with Crippen LogP contribution in [0.2, 0.25) is 0 Å². The number of benzene rings is 1. The minimum atomic E-state index is -0.0954. The molecule has 4 rings (SSSR count). The van der Waals surface area contributed by atoms with Crippen LogP contribution < -0.4 is 10.6 Å². The van der Waals surface area contributed by atoms with Gasteiger partial charge in [-0.25, -0.2) is 0 Å². The van der Waals surface area contributed by atoms with Gasteiger partial charge in [0.15, 0.2) is 5.78 Å². The number of allylic oxidation sites excluding steroid dienone is 3. The Kier molecular flexibility index (Phi) is 3.90. The smallest absolute Gasteiger partial charge is 0.267 e. The van der Waals surface area contributed by atoms with Crippen molar-refractivity contribution < 1.29 is 9.59 Å². The molecule has 1 amide bonds. The monoisotopic (exact) mass is 339 g/mol. The summed E-state index contributed by atoms with van der Waals surface area (Å²) >= 11 is 1.69. The Morgan fingerprint density at radius 1 is 1.29 bits per heavy atom. The number of hydrogen-bond donors (Lipinski definition) is 3. The summed E-state index contributed by atoms with van der Waals surface area (Å²) in [5, 5.41) is 7.58. The molecular formula is C18H17N3O2S. The molecule has 2 aliphatic rings. The van der Waals surface area contributed by atoms with Crippen molar-refractivity contribution in [3.05, 3.63) is 58.8 Å². The van der Waals surface area contributed by atoms with Gasteiger partial charge >= 0.3 is 0 Å². The van der Waals surface area contributed by atoms with Crippen LogP contribution in [0.15, 0.2) is 53.1 Å². The predicted octanol–water partition coefficient (Wildman–Crippen LogP) is 2.69. The topological polar surface area (TPSA) is 74.0 Å². The Labute approximate surface area is 143 Å². The van der Waals surface area contributed by atoms with Gasteiger partial charge in [-0.15, -0.1) is 11.8 Å². The van der Waals surface area contributed by atoms with Crippen LogP contribution in [0.25, 0.3) is 10.9 Å². The summed E-state index contributed by atoms with van der Waals surface area (Å²) in [4.78, 5) is 27.9. The predicted molar refractivity (Wildman–Crippen MR) is 95.6 cm³/mol. The van der Waals surface area contributed by atoms with Crippen LogP contribution in [-0.4, -0.2) is 28.6 Å². The minimum Gasteiger partial charge on any atom is -0.372 e. The molecule has 2 aromatic rings. The van der Waals surface area contributed by atoms with Crippen LogP contribution >= 0.6 is 11.8 Å². The van der Waals surface area contributed by atoms with Gasteiger partial charge in [-0.3, -0.25) is 9.59 Å². The molecule has 1 aromatic heterocycles. The molecule has 2 heterocycles. The molecule has 0 bridgehead atoms. The second kappa shape index (κ2) is 6.20. The van der Waals surface area contributed by atoms with Crippen molar-refractivity contribution in [1.82, 2.24) is 15.6 Å². The number of carbonyl (C=O) groups excluding carboxylic acids is 2. The number of nitrogens with one attached hydrogen (secondary N) is 3. The third-order valence-corrected chi connectivity index (χ3v) is 5.43. The first-order valence-electron chi connectivity index (χ1n) is 7.92. The summed E-state index contributed by atoms with van der Waals surface area (Å²) in [6.45, 7) is 0.580. The Bertz CT molecular complexity index is 848. The number of H-pyrrole nitrogens is 1. The highest BCUT2D eigenvalue weighted by Gasteiger charge is 2.26. The third-order valence-electron chi connectivity index (χ3n) is 4.14. The molecule has 5 nitrogen and oxygen atoms in total. The van der Waals surface area contributed by atoms with E-state index < -0.39 is 0 Å². The minimum absolute atomic E-state index is 0.0954. The van der Waals surface area contributed by atoms with E-state index in [-0.39, 0.29) is 17.1 Å². The van der Waals surface area contributed by atoms with Crippen molar-refractivity contribution in [3.8, 4) is 0 Å². The van der Waals surface area contributed by atoms with Crippen molar-refractivity contribution in [2.45, 2.75) is 18.2 Å². The van der Waals surface area contributed by atoms with Gasteiger partial charge in [-0.05, 0) is 30.7 Å². The summed E-state index contributed by atoms with van der Waals surface area (Å²) < 4.78 is 0. The largest absolute Gasteiger partial charge is 0.372 e. The molecule has 6 heteroatoms. The number of aromatic amines is 1. The fourth-order valence-corrected chi connectivity index (χ4v) is 4.17. The van der Waals surface area contributed by atoms with Gasteiger partial charge in [0.2, 0.25) is 0 Å². The van der Waals surface area contributed by atoms with Crippen molar-refractivity contribution in [2.24, 2.45) is 0 Å². The van der Waals surface area contributed by atoms with Gasteiger partial charge in [0.1, 0.15) is 5.69 Å². The molecule has 1 unspecified atom stereocenters. The zero-order valence-corrected chi connectivity index (χ0v) is 13.8. The maximum atomic E-state index is 12.2. The van der Waals surface area contributed by atoms with Crippen molar-refractivity contribution >= 4 is 34.4 Å². The molecule has 0 fully saturated rings. The van der Waals surface area contributed by atoms with Crippen molar-refractivity contribution in [1.29, 1.82) is 0 Å². The number of aromatic nitrogens is 1. The van der Waals surface area contributed by atoms with E-state index in [0.717, 1.165) is 27.9 Å². The SMILES string of the molecule is O=C1C=CC2=C(C1)SC(CCNC(=O)c1cc3ccccc3[nH]1)N2. The lowest BCUT2D eigenvalue weighted by molar-refractivity contribution is -0.114.